The second-order valence-electron chi connectivity index (χ2n) is 3.33. The van der Waals surface area contributed by atoms with Crippen molar-refractivity contribution in [1.29, 1.82) is 0 Å². The molecule has 72 valence electrons. The third kappa shape index (κ3) is 2.20. The molecular weight excluding hydrogens is 168 g/mol. The van der Waals surface area contributed by atoms with Gasteiger partial charge in [0.1, 0.15) is 11.4 Å². The van der Waals surface area contributed by atoms with Crippen LogP contribution in [0.5, 0.6) is 5.75 Å². The van der Waals surface area contributed by atoms with Crippen LogP contribution in [0, 0.1) is 0 Å². The first-order chi connectivity index (χ1) is 6.10. The van der Waals surface area contributed by atoms with Gasteiger partial charge in [-0.1, -0.05) is 12.1 Å². The highest BCUT2D eigenvalue weighted by Crippen LogP contribution is 2.25. The van der Waals surface area contributed by atoms with Crippen molar-refractivity contribution in [3.8, 4) is 5.75 Å². The molecule has 0 bridgehead atoms. The van der Waals surface area contributed by atoms with Gasteiger partial charge < -0.3 is 4.74 Å². The summed E-state index contributed by atoms with van der Waals surface area (Å²) in [7, 11) is 1.61. The second-order valence-corrected chi connectivity index (χ2v) is 3.33. The van der Waals surface area contributed by atoms with Crippen LogP contribution in [0.1, 0.15) is 19.4 Å². The van der Waals surface area contributed by atoms with Gasteiger partial charge in [0.2, 0.25) is 0 Å². The van der Waals surface area contributed by atoms with Crippen LogP contribution in [0.4, 0.5) is 0 Å². The van der Waals surface area contributed by atoms with Gasteiger partial charge in [-0.15, -0.1) is 0 Å². The van der Waals surface area contributed by atoms with Crippen molar-refractivity contribution in [2.75, 3.05) is 7.11 Å². The molecule has 1 aromatic carbocycles. The van der Waals surface area contributed by atoms with Crippen LogP contribution in [-0.2, 0) is 10.5 Å². The molecule has 0 aliphatic rings. The molecule has 0 aliphatic carbocycles. The predicted octanol–water partition coefficient (Wildman–Crippen LogP) is 2.42. The molecule has 0 saturated carbocycles. The molecule has 0 spiro atoms. The molecule has 0 heterocycles. The number of methoxy groups -OCH3 is 1. The van der Waals surface area contributed by atoms with Gasteiger partial charge in [0, 0.05) is 0 Å². The van der Waals surface area contributed by atoms with Crippen molar-refractivity contribution >= 4 is 0 Å². The maximum Gasteiger partial charge on any atom is 0.123 e. The van der Waals surface area contributed by atoms with E-state index in [-0.39, 0.29) is 0 Å². The molecule has 0 atom stereocenters. The fourth-order valence-corrected chi connectivity index (χ4v) is 1.05. The van der Waals surface area contributed by atoms with E-state index in [1.54, 1.807) is 21.0 Å². The zero-order valence-corrected chi connectivity index (χ0v) is 8.07. The third-order valence-corrected chi connectivity index (χ3v) is 2.01. The lowest BCUT2D eigenvalue weighted by atomic mass is 9.98. The first-order valence-corrected chi connectivity index (χ1v) is 4.07. The van der Waals surface area contributed by atoms with Gasteiger partial charge >= 0.3 is 0 Å². The maximum absolute atomic E-state index is 8.64. The van der Waals surface area contributed by atoms with E-state index < -0.39 is 5.60 Å². The topological polar surface area (TPSA) is 38.7 Å². The summed E-state index contributed by atoms with van der Waals surface area (Å²) in [4.78, 5) is 4.36. The van der Waals surface area contributed by atoms with Crippen LogP contribution in [0.25, 0.3) is 0 Å². The highest BCUT2D eigenvalue weighted by atomic mass is 17.1. The summed E-state index contributed by atoms with van der Waals surface area (Å²) >= 11 is 0. The number of benzene rings is 1. The van der Waals surface area contributed by atoms with Crippen LogP contribution in [0.3, 0.4) is 0 Å². The smallest absolute Gasteiger partial charge is 0.123 e. The number of rotatable bonds is 3. The average molecular weight is 182 g/mol. The van der Waals surface area contributed by atoms with E-state index >= 15 is 0 Å². The number of hydrogen-bond donors (Lipinski definition) is 1. The van der Waals surface area contributed by atoms with Crippen molar-refractivity contribution < 1.29 is 14.9 Å². The molecule has 13 heavy (non-hydrogen) atoms. The summed E-state index contributed by atoms with van der Waals surface area (Å²) in [6.07, 6.45) is 0. The fraction of sp³-hybridized carbons (Fsp3) is 0.400. The minimum atomic E-state index is -0.674. The largest absolute Gasteiger partial charge is 0.497 e. The molecule has 1 rings (SSSR count). The quantitative estimate of drug-likeness (QED) is 0.576. The molecule has 1 aromatic rings. The van der Waals surface area contributed by atoms with E-state index in [1.807, 2.05) is 24.3 Å². The Morgan fingerprint density at radius 2 is 1.69 bits per heavy atom. The predicted molar refractivity (Wildman–Crippen MR) is 49.7 cm³/mol. The molecule has 3 heteroatoms. The Bertz CT molecular complexity index is 264. The molecule has 0 unspecified atom stereocenters. The second kappa shape index (κ2) is 3.77. The van der Waals surface area contributed by atoms with Crippen LogP contribution in [0.15, 0.2) is 24.3 Å². The summed E-state index contributed by atoms with van der Waals surface area (Å²) in [5, 5.41) is 8.64. The Hall–Kier alpha value is -1.06. The first-order valence-electron chi connectivity index (χ1n) is 4.07. The molecular formula is C10H14O3. The van der Waals surface area contributed by atoms with E-state index in [2.05, 4.69) is 4.89 Å². The summed E-state index contributed by atoms with van der Waals surface area (Å²) in [6, 6.07) is 7.37. The van der Waals surface area contributed by atoms with Crippen molar-refractivity contribution in [3.63, 3.8) is 0 Å². The summed E-state index contributed by atoms with van der Waals surface area (Å²) in [5.41, 5.74) is 0.225. The Morgan fingerprint density at radius 1 is 1.15 bits per heavy atom. The van der Waals surface area contributed by atoms with E-state index in [0.29, 0.717) is 0 Å². The van der Waals surface area contributed by atoms with Crippen molar-refractivity contribution in [1.82, 2.24) is 0 Å². The highest BCUT2D eigenvalue weighted by molar-refractivity contribution is 5.30. The summed E-state index contributed by atoms with van der Waals surface area (Å²) in [5.74, 6) is 0.789. The van der Waals surface area contributed by atoms with Gasteiger partial charge in [0.25, 0.3) is 0 Å². The van der Waals surface area contributed by atoms with Crippen molar-refractivity contribution in [2.24, 2.45) is 0 Å². The Balaban J connectivity index is 2.92. The molecule has 0 aromatic heterocycles. The van der Waals surface area contributed by atoms with Crippen LogP contribution >= 0.6 is 0 Å². The van der Waals surface area contributed by atoms with E-state index in [1.165, 1.54) is 0 Å². The zero-order valence-electron chi connectivity index (χ0n) is 8.07. The molecule has 0 aliphatic heterocycles. The van der Waals surface area contributed by atoms with Crippen LogP contribution < -0.4 is 4.74 Å². The molecule has 1 N–H and O–H groups in total. The molecule has 0 amide bonds. The van der Waals surface area contributed by atoms with Gasteiger partial charge in [-0.25, -0.2) is 4.89 Å². The van der Waals surface area contributed by atoms with E-state index in [9.17, 15) is 0 Å². The Kier molecular flexibility index (Phi) is 2.90. The van der Waals surface area contributed by atoms with Crippen molar-refractivity contribution in [2.45, 2.75) is 19.4 Å². The minimum absolute atomic E-state index is 0.674. The van der Waals surface area contributed by atoms with Gasteiger partial charge in [-0.2, -0.15) is 0 Å². The van der Waals surface area contributed by atoms with E-state index in [0.717, 1.165) is 11.3 Å². The standard InChI is InChI=1S/C10H14O3/c1-10(2,13-11)8-4-6-9(12-3)7-5-8/h4-7,11H,1-3H3. The third-order valence-electron chi connectivity index (χ3n) is 2.01. The van der Waals surface area contributed by atoms with Crippen LogP contribution in [0.2, 0.25) is 0 Å². The SMILES string of the molecule is COc1ccc(C(C)(C)OO)cc1. The summed E-state index contributed by atoms with van der Waals surface area (Å²) < 4.78 is 5.01. The minimum Gasteiger partial charge on any atom is -0.497 e. The number of ether oxygens (including phenoxy) is 1. The molecule has 0 saturated heterocycles. The monoisotopic (exact) mass is 182 g/mol. The lowest BCUT2D eigenvalue weighted by Crippen LogP contribution is -2.19. The van der Waals surface area contributed by atoms with Crippen molar-refractivity contribution in [3.05, 3.63) is 29.8 Å². The highest BCUT2D eigenvalue weighted by Gasteiger charge is 2.20. The Morgan fingerprint density at radius 3 is 2.08 bits per heavy atom. The average Bonchev–Trinajstić information content (AvgIpc) is 2.18. The first kappa shape index (κ1) is 10.0. The zero-order chi connectivity index (χ0) is 9.90. The van der Waals surface area contributed by atoms with E-state index in [4.69, 9.17) is 9.99 Å². The van der Waals surface area contributed by atoms with Gasteiger partial charge in [-0.3, -0.25) is 5.26 Å². The molecule has 3 nitrogen and oxygen atoms in total. The van der Waals surface area contributed by atoms with Crippen LogP contribution in [-0.4, -0.2) is 12.4 Å². The maximum atomic E-state index is 8.64. The summed E-state index contributed by atoms with van der Waals surface area (Å²) in [6.45, 7) is 3.57. The van der Waals surface area contributed by atoms with Gasteiger partial charge in [0.15, 0.2) is 0 Å². The fourth-order valence-electron chi connectivity index (χ4n) is 1.05. The Labute approximate surface area is 77.8 Å². The lowest BCUT2D eigenvalue weighted by molar-refractivity contribution is -0.318. The van der Waals surface area contributed by atoms with Gasteiger partial charge in [0.05, 0.1) is 7.11 Å². The normalized spacial score (nSPS) is 11.4. The lowest BCUT2D eigenvalue weighted by Gasteiger charge is -2.20. The molecule has 0 fully saturated rings. The number of hydrogen-bond acceptors (Lipinski definition) is 3. The van der Waals surface area contributed by atoms with Gasteiger partial charge in [-0.05, 0) is 31.5 Å². The molecule has 0 radical (unpaired) electrons.